The minimum atomic E-state index is -1.24. The average Bonchev–Trinajstić information content (AvgIpc) is 2.46. The molecule has 0 rings (SSSR count). The maximum Gasteiger partial charge on any atom is 2.00 e. The summed E-state index contributed by atoms with van der Waals surface area (Å²) in [4.78, 5) is 57.6. The summed E-state index contributed by atoms with van der Waals surface area (Å²) >= 11 is 0. The van der Waals surface area contributed by atoms with Crippen LogP contribution in [0.4, 0.5) is 0 Å². The molecule has 0 aromatic rings. The van der Waals surface area contributed by atoms with E-state index in [1.54, 1.807) is 0 Å². The molecule has 154 valence electrons. The summed E-state index contributed by atoms with van der Waals surface area (Å²) < 4.78 is 0. The molecule has 13 nitrogen and oxygen atoms in total. The number of aliphatic carboxylic acids is 5. The molecule has 0 amide bonds. The van der Waals surface area contributed by atoms with Crippen LogP contribution < -0.4 is 0 Å². The Morgan fingerprint density at radius 1 is 0.429 bits per heavy atom. The summed E-state index contributed by atoms with van der Waals surface area (Å²) in [5, 5.41) is 44.1. The van der Waals surface area contributed by atoms with Crippen LogP contribution in [0.2, 0.25) is 0 Å². The SMILES string of the molecule is O=C(O)CN(CCN(CC(=O)O)CC(=O)O)CCN(CC(=O)O)CC(=O)O.[Zn+2]. The van der Waals surface area contributed by atoms with Crippen molar-refractivity contribution >= 4 is 29.8 Å². The Labute approximate surface area is 172 Å². The second-order valence-corrected chi connectivity index (χ2v) is 5.67. The number of carboxylic acids is 5. The van der Waals surface area contributed by atoms with Gasteiger partial charge in [-0.1, -0.05) is 0 Å². The second-order valence-electron chi connectivity index (χ2n) is 5.67. The van der Waals surface area contributed by atoms with E-state index in [0.717, 1.165) is 9.80 Å². The van der Waals surface area contributed by atoms with Crippen molar-refractivity contribution in [2.24, 2.45) is 0 Å². The molecular weight excluding hydrogens is 436 g/mol. The van der Waals surface area contributed by atoms with Crippen LogP contribution in [0.5, 0.6) is 0 Å². The fourth-order valence-corrected chi connectivity index (χ4v) is 2.22. The van der Waals surface area contributed by atoms with Gasteiger partial charge in [-0.25, -0.2) is 0 Å². The van der Waals surface area contributed by atoms with Gasteiger partial charge in [-0.3, -0.25) is 38.7 Å². The van der Waals surface area contributed by atoms with Crippen molar-refractivity contribution in [3.05, 3.63) is 0 Å². The van der Waals surface area contributed by atoms with E-state index in [2.05, 4.69) is 0 Å². The summed E-state index contributed by atoms with van der Waals surface area (Å²) in [5.41, 5.74) is 0. The van der Waals surface area contributed by atoms with Gasteiger partial charge in [0, 0.05) is 26.2 Å². The third-order valence-corrected chi connectivity index (χ3v) is 3.26. The van der Waals surface area contributed by atoms with Crippen molar-refractivity contribution < 1.29 is 69.0 Å². The monoisotopic (exact) mass is 457 g/mol. The zero-order valence-corrected chi connectivity index (χ0v) is 18.2. The molecule has 0 aliphatic rings. The van der Waals surface area contributed by atoms with Gasteiger partial charge in [0.05, 0.1) is 32.7 Å². The first-order chi connectivity index (χ1) is 12.5. The fourth-order valence-electron chi connectivity index (χ4n) is 2.22. The third kappa shape index (κ3) is 16.1. The Morgan fingerprint density at radius 2 is 0.607 bits per heavy atom. The molecule has 0 aliphatic carbocycles. The molecule has 0 spiro atoms. The van der Waals surface area contributed by atoms with Crippen molar-refractivity contribution in [1.29, 1.82) is 0 Å². The van der Waals surface area contributed by atoms with Gasteiger partial charge < -0.3 is 25.5 Å². The van der Waals surface area contributed by atoms with E-state index in [4.69, 9.17) is 25.5 Å². The van der Waals surface area contributed by atoms with Crippen LogP contribution >= 0.6 is 0 Å². The quantitative estimate of drug-likeness (QED) is 0.150. The molecule has 0 saturated heterocycles. The van der Waals surface area contributed by atoms with Gasteiger partial charge in [-0.15, -0.1) is 0 Å². The van der Waals surface area contributed by atoms with Crippen molar-refractivity contribution in [3.63, 3.8) is 0 Å². The molecule has 0 aromatic carbocycles. The van der Waals surface area contributed by atoms with E-state index >= 15 is 0 Å². The molecule has 0 radical (unpaired) electrons. The summed E-state index contributed by atoms with van der Waals surface area (Å²) in [6.45, 7) is -2.74. The van der Waals surface area contributed by atoms with Crippen molar-refractivity contribution in [2.75, 3.05) is 58.9 Å². The molecule has 14 heteroatoms. The van der Waals surface area contributed by atoms with Crippen LogP contribution in [0.25, 0.3) is 0 Å². The van der Waals surface area contributed by atoms with E-state index in [-0.39, 0.29) is 45.7 Å². The van der Waals surface area contributed by atoms with Gasteiger partial charge in [0.25, 0.3) is 0 Å². The number of nitrogens with zero attached hydrogens (tertiary/aromatic N) is 3. The Kier molecular flexibility index (Phi) is 14.9. The van der Waals surface area contributed by atoms with Gasteiger partial charge in [0.15, 0.2) is 0 Å². The van der Waals surface area contributed by atoms with E-state index in [1.165, 1.54) is 4.90 Å². The van der Waals surface area contributed by atoms with E-state index in [0.29, 0.717) is 0 Å². The Hall–Kier alpha value is -2.15. The maximum absolute atomic E-state index is 11.0. The maximum atomic E-state index is 11.0. The number of rotatable bonds is 16. The zero-order valence-electron chi connectivity index (χ0n) is 15.2. The normalized spacial score (nSPS) is 10.7. The third-order valence-electron chi connectivity index (χ3n) is 3.26. The molecular formula is C14H23N3O10Zn+2. The van der Waals surface area contributed by atoms with E-state index in [9.17, 15) is 24.0 Å². The molecule has 5 N–H and O–H groups in total. The number of carboxylic acid groups (broad SMARTS) is 5. The largest absolute Gasteiger partial charge is 2.00 e. The summed E-state index contributed by atoms with van der Waals surface area (Å²) in [6, 6.07) is 0. The van der Waals surface area contributed by atoms with Gasteiger partial charge in [0.1, 0.15) is 0 Å². The number of hydrogen-bond acceptors (Lipinski definition) is 8. The van der Waals surface area contributed by atoms with Crippen LogP contribution in [-0.4, -0.2) is 129 Å². The van der Waals surface area contributed by atoms with Crippen LogP contribution in [0.1, 0.15) is 0 Å². The smallest absolute Gasteiger partial charge is 0.480 e. The van der Waals surface area contributed by atoms with Crippen molar-refractivity contribution in [3.8, 4) is 0 Å². The molecule has 0 aromatic heterocycles. The molecule has 28 heavy (non-hydrogen) atoms. The average molecular weight is 459 g/mol. The number of hydrogen-bond donors (Lipinski definition) is 5. The molecule has 0 fully saturated rings. The van der Waals surface area contributed by atoms with Crippen molar-refractivity contribution in [1.82, 2.24) is 14.7 Å². The predicted octanol–water partition coefficient (Wildman–Crippen LogP) is -2.69. The number of carbonyl (C=O) groups is 5. The zero-order chi connectivity index (χ0) is 21.0. The molecule has 0 bridgehead atoms. The molecule has 0 heterocycles. The Bertz CT molecular complexity index is 487. The summed E-state index contributed by atoms with van der Waals surface area (Å²) in [5.74, 6) is -6.16. The first-order valence-electron chi connectivity index (χ1n) is 7.75. The Balaban J connectivity index is 0. The fraction of sp³-hybridized carbons (Fsp3) is 0.643. The van der Waals surface area contributed by atoms with Crippen LogP contribution in [0, 0.1) is 0 Å². The first kappa shape index (κ1) is 28.1. The molecule has 0 unspecified atom stereocenters. The van der Waals surface area contributed by atoms with Gasteiger partial charge in [-0.05, 0) is 0 Å². The van der Waals surface area contributed by atoms with Crippen molar-refractivity contribution in [2.45, 2.75) is 0 Å². The minimum absolute atomic E-state index is 0. The Morgan fingerprint density at radius 3 is 0.821 bits per heavy atom. The van der Waals surface area contributed by atoms with Crippen LogP contribution in [-0.2, 0) is 43.5 Å². The first-order valence-corrected chi connectivity index (χ1v) is 7.75. The molecule has 0 aliphatic heterocycles. The van der Waals surface area contributed by atoms with E-state index in [1.807, 2.05) is 0 Å². The van der Waals surface area contributed by atoms with Crippen LogP contribution in [0.15, 0.2) is 0 Å². The standard InChI is InChI=1S/C14H23N3O10.Zn/c18-10(19)5-15(1-3-16(6-11(20)21)7-12(22)23)2-4-17(8-13(24)25)9-14(26)27;/h1-9H2,(H,18,19)(H,20,21)(H,22,23)(H,24,25)(H,26,27);/q;+2. The van der Waals surface area contributed by atoms with E-state index < -0.39 is 62.6 Å². The minimum Gasteiger partial charge on any atom is -0.480 e. The van der Waals surface area contributed by atoms with Gasteiger partial charge in [-0.2, -0.15) is 0 Å². The summed E-state index contributed by atoms with van der Waals surface area (Å²) in [6.07, 6.45) is 0. The predicted molar refractivity (Wildman–Crippen MR) is 87.5 cm³/mol. The van der Waals surface area contributed by atoms with Crippen LogP contribution in [0.3, 0.4) is 0 Å². The molecule has 0 atom stereocenters. The second kappa shape index (κ2) is 14.9. The topological polar surface area (TPSA) is 196 Å². The van der Waals surface area contributed by atoms with Gasteiger partial charge in [0.2, 0.25) is 0 Å². The summed E-state index contributed by atoms with van der Waals surface area (Å²) in [7, 11) is 0. The van der Waals surface area contributed by atoms with Gasteiger partial charge >= 0.3 is 49.3 Å². The molecule has 0 saturated carbocycles.